The van der Waals surface area contributed by atoms with Crippen molar-refractivity contribution >= 4 is 11.9 Å². The number of amides is 1. The number of carboxylic acids is 1. The number of hydrogen-bond acceptors (Lipinski definition) is 5. The van der Waals surface area contributed by atoms with Crippen LogP contribution in [0.4, 0.5) is 0 Å². The lowest BCUT2D eigenvalue weighted by molar-refractivity contribution is -0.174. The summed E-state index contributed by atoms with van der Waals surface area (Å²) in [5.74, 6) is 1.03. The van der Waals surface area contributed by atoms with E-state index < -0.39 is 18.1 Å². The number of nitrogens with one attached hydrogen (secondary N) is 1. The van der Waals surface area contributed by atoms with Gasteiger partial charge in [-0.2, -0.15) is 0 Å². The summed E-state index contributed by atoms with van der Waals surface area (Å²) in [6.45, 7) is 8.44. The number of aliphatic hydroxyl groups excluding tert-OH is 3. The normalized spacial score (nSPS) is 45.4. The molecule has 4 fully saturated rings. The van der Waals surface area contributed by atoms with Crippen molar-refractivity contribution in [1.82, 2.24) is 5.32 Å². The van der Waals surface area contributed by atoms with Gasteiger partial charge < -0.3 is 25.7 Å². The maximum Gasteiger partial charge on any atom is 0.328 e. The summed E-state index contributed by atoms with van der Waals surface area (Å²) >= 11 is 0. The molecule has 7 nitrogen and oxygen atoms in total. The van der Waals surface area contributed by atoms with Crippen LogP contribution < -0.4 is 5.32 Å². The zero-order chi connectivity index (χ0) is 25.7. The Morgan fingerprint density at radius 2 is 1.63 bits per heavy atom. The molecule has 1 amide bonds. The molecule has 0 aromatic rings. The topological polar surface area (TPSA) is 127 Å². The molecule has 0 bridgehead atoms. The average Bonchev–Trinajstić information content (AvgIpc) is 3.13. The Labute approximate surface area is 210 Å². The Morgan fingerprint density at radius 3 is 2.29 bits per heavy atom. The summed E-state index contributed by atoms with van der Waals surface area (Å²) < 4.78 is 0. The predicted molar refractivity (Wildman–Crippen MR) is 132 cm³/mol. The maximum atomic E-state index is 12.4. The standard InChI is InChI=1S/C28H47NO6/c1-15(5-8-23(33)29-25(16(2)30)26(34)35)19-6-7-20-24-21(10-12-28(19,20)4)27(3)11-9-18(31)13-17(27)14-22(24)32/h15-22,24-25,30-32H,5-14H2,1-4H3,(H,29,33)(H,34,35)/t15-,16?,17+,18-,19-,20+,21+,22-,24+,25+,27+,28-/m1/s1. The van der Waals surface area contributed by atoms with Crippen molar-refractivity contribution in [2.24, 2.45) is 46.3 Å². The van der Waals surface area contributed by atoms with Crippen LogP contribution in [0, 0.1) is 46.3 Å². The van der Waals surface area contributed by atoms with Crippen LogP contribution in [0.1, 0.15) is 91.9 Å². The van der Waals surface area contributed by atoms with Gasteiger partial charge in [-0.15, -0.1) is 0 Å². The molecule has 0 aliphatic heterocycles. The smallest absolute Gasteiger partial charge is 0.328 e. The molecule has 4 saturated carbocycles. The van der Waals surface area contributed by atoms with Gasteiger partial charge in [0.25, 0.3) is 0 Å². The van der Waals surface area contributed by atoms with Crippen LogP contribution in [0.2, 0.25) is 0 Å². The molecule has 0 aromatic carbocycles. The largest absolute Gasteiger partial charge is 0.480 e. The third kappa shape index (κ3) is 4.77. The fourth-order valence-electron chi connectivity index (χ4n) is 9.37. The summed E-state index contributed by atoms with van der Waals surface area (Å²) in [7, 11) is 0. The van der Waals surface area contributed by atoms with E-state index in [1.165, 1.54) is 6.92 Å². The number of fused-ring (bicyclic) bond motifs is 5. The molecule has 0 heterocycles. The fourth-order valence-corrected chi connectivity index (χ4v) is 9.37. The highest BCUT2D eigenvalue weighted by atomic mass is 16.4. The highest BCUT2D eigenvalue weighted by Crippen LogP contribution is 2.68. The Kier molecular flexibility index (Phi) is 7.63. The Morgan fingerprint density at radius 1 is 0.971 bits per heavy atom. The van der Waals surface area contributed by atoms with Gasteiger partial charge >= 0.3 is 5.97 Å². The molecule has 0 radical (unpaired) electrons. The van der Waals surface area contributed by atoms with E-state index in [2.05, 4.69) is 26.1 Å². The molecule has 0 saturated heterocycles. The van der Waals surface area contributed by atoms with Crippen molar-refractivity contribution < 1.29 is 30.0 Å². The molecule has 35 heavy (non-hydrogen) atoms. The van der Waals surface area contributed by atoms with E-state index in [9.17, 15) is 30.0 Å². The monoisotopic (exact) mass is 493 g/mol. The first-order valence-electron chi connectivity index (χ1n) is 13.9. The minimum absolute atomic E-state index is 0.151. The second-order valence-electron chi connectivity index (χ2n) is 13.1. The van der Waals surface area contributed by atoms with Crippen LogP contribution in [-0.4, -0.2) is 56.7 Å². The molecule has 12 atom stereocenters. The highest BCUT2D eigenvalue weighted by Gasteiger charge is 2.62. The molecule has 4 aliphatic carbocycles. The van der Waals surface area contributed by atoms with Gasteiger partial charge in [0.2, 0.25) is 5.91 Å². The van der Waals surface area contributed by atoms with E-state index >= 15 is 0 Å². The van der Waals surface area contributed by atoms with Crippen molar-refractivity contribution in [2.75, 3.05) is 0 Å². The number of aliphatic hydroxyl groups is 3. The average molecular weight is 494 g/mol. The Balaban J connectivity index is 1.41. The molecule has 0 spiro atoms. The second kappa shape index (κ2) is 9.94. The summed E-state index contributed by atoms with van der Waals surface area (Å²) in [6, 6.07) is -1.28. The molecule has 1 unspecified atom stereocenters. The number of rotatable bonds is 7. The summed E-state index contributed by atoms with van der Waals surface area (Å²) in [5, 5.41) is 43.0. The zero-order valence-corrected chi connectivity index (χ0v) is 21.9. The van der Waals surface area contributed by atoms with Crippen molar-refractivity contribution in [3.8, 4) is 0 Å². The quantitative estimate of drug-likeness (QED) is 0.370. The van der Waals surface area contributed by atoms with Crippen molar-refractivity contribution in [3.63, 3.8) is 0 Å². The van der Waals surface area contributed by atoms with Gasteiger partial charge in [0.15, 0.2) is 6.04 Å². The predicted octanol–water partition coefficient (Wildman–Crippen LogP) is 3.34. The van der Waals surface area contributed by atoms with Crippen molar-refractivity contribution in [1.29, 1.82) is 0 Å². The summed E-state index contributed by atoms with van der Waals surface area (Å²) in [6.07, 6.45) is 7.42. The van der Waals surface area contributed by atoms with Crippen LogP contribution in [0.25, 0.3) is 0 Å². The molecule has 7 heteroatoms. The van der Waals surface area contributed by atoms with E-state index in [0.717, 1.165) is 51.4 Å². The lowest BCUT2D eigenvalue weighted by Crippen LogP contribution is -2.58. The van der Waals surface area contributed by atoms with Gasteiger partial charge in [-0.25, -0.2) is 4.79 Å². The van der Waals surface area contributed by atoms with Gasteiger partial charge in [-0.05, 0) is 111 Å². The first kappa shape index (κ1) is 26.9. The van der Waals surface area contributed by atoms with E-state index in [4.69, 9.17) is 0 Å². The molecule has 5 N–H and O–H groups in total. The third-order valence-corrected chi connectivity index (χ3v) is 11.3. The Bertz CT molecular complexity index is 802. The minimum Gasteiger partial charge on any atom is -0.480 e. The van der Waals surface area contributed by atoms with Gasteiger partial charge in [0, 0.05) is 6.42 Å². The van der Waals surface area contributed by atoms with Crippen LogP contribution in [0.3, 0.4) is 0 Å². The van der Waals surface area contributed by atoms with E-state index in [-0.39, 0.29) is 35.4 Å². The first-order valence-corrected chi connectivity index (χ1v) is 13.9. The minimum atomic E-state index is -1.28. The molecular formula is C28H47NO6. The molecule has 4 aliphatic rings. The van der Waals surface area contributed by atoms with Gasteiger partial charge in [0.1, 0.15) is 0 Å². The molecule has 200 valence electrons. The van der Waals surface area contributed by atoms with Crippen molar-refractivity contribution in [3.05, 3.63) is 0 Å². The fraction of sp³-hybridized carbons (Fsp3) is 0.929. The zero-order valence-electron chi connectivity index (χ0n) is 21.9. The van der Waals surface area contributed by atoms with Crippen molar-refractivity contribution in [2.45, 2.75) is 116 Å². The highest BCUT2D eigenvalue weighted by molar-refractivity contribution is 5.83. The molecule has 0 aromatic heterocycles. The molecule has 4 rings (SSSR count). The number of hydrogen-bond donors (Lipinski definition) is 5. The number of carbonyl (C=O) groups excluding carboxylic acids is 1. The van der Waals surface area contributed by atoms with Gasteiger partial charge in [0.05, 0.1) is 18.3 Å². The van der Waals surface area contributed by atoms with Crippen LogP contribution in [-0.2, 0) is 9.59 Å². The third-order valence-electron chi connectivity index (χ3n) is 11.3. The lowest BCUT2D eigenvalue weighted by atomic mass is 9.43. The number of carboxylic acid groups (broad SMARTS) is 1. The van der Waals surface area contributed by atoms with E-state index in [1.807, 2.05) is 0 Å². The van der Waals surface area contributed by atoms with Crippen LogP contribution in [0.5, 0.6) is 0 Å². The van der Waals surface area contributed by atoms with Gasteiger partial charge in [-0.1, -0.05) is 20.8 Å². The van der Waals surface area contributed by atoms with Crippen LogP contribution >= 0.6 is 0 Å². The first-order chi connectivity index (χ1) is 16.4. The number of aliphatic carboxylic acids is 1. The summed E-state index contributed by atoms with van der Waals surface area (Å²) in [4.78, 5) is 23.7. The van der Waals surface area contributed by atoms with Gasteiger partial charge in [-0.3, -0.25) is 4.79 Å². The maximum absolute atomic E-state index is 12.4. The SMILES string of the molecule is CC(O)[C@H](NC(=O)CC[C@@H](C)[C@H]1CC[C@H]2[C@@H]3[C@H](O)C[C@@H]4C[C@H](O)CC[C@]4(C)[C@H]3CC[C@]12C)C(=O)O. The van der Waals surface area contributed by atoms with E-state index in [1.54, 1.807) is 0 Å². The summed E-state index contributed by atoms with van der Waals surface area (Å²) in [5.41, 5.74) is 0.370. The lowest BCUT2D eigenvalue weighted by Gasteiger charge is -2.62. The molecular weight excluding hydrogens is 446 g/mol. The second-order valence-corrected chi connectivity index (χ2v) is 13.1. The van der Waals surface area contributed by atoms with Crippen LogP contribution in [0.15, 0.2) is 0 Å². The number of carbonyl (C=O) groups is 2. The Hall–Kier alpha value is -1.18. The van der Waals surface area contributed by atoms with E-state index in [0.29, 0.717) is 41.9 Å².